The number of hydrogen-bond donors (Lipinski definition) is 1. The van der Waals surface area contributed by atoms with E-state index in [2.05, 4.69) is 13.8 Å². The summed E-state index contributed by atoms with van der Waals surface area (Å²) in [5.41, 5.74) is -0.754. The van der Waals surface area contributed by atoms with E-state index in [4.69, 9.17) is 0 Å². The van der Waals surface area contributed by atoms with E-state index < -0.39 is 11.4 Å². The highest BCUT2D eigenvalue weighted by Gasteiger charge is 2.43. The van der Waals surface area contributed by atoms with Crippen molar-refractivity contribution in [3.05, 3.63) is 0 Å². The minimum Gasteiger partial charge on any atom is -0.481 e. The predicted octanol–water partition coefficient (Wildman–Crippen LogP) is 2.51. The summed E-state index contributed by atoms with van der Waals surface area (Å²) >= 11 is 1.91. The van der Waals surface area contributed by atoms with Crippen LogP contribution in [0.2, 0.25) is 0 Å². The quantitative estimate of drug-likeness (QED) is 0.851. The summed E-state index contributed by atoms with van der Waals surface area (Å²) in [6.45, 7) is 8.75. The van der Waals surface area contributed by atoms with Gasteiger partial charge in [0.15, 0.2) is 0 Å². The Morgan fingerprint density at radius 1 is 1.24 bits per heavy atom. The maximum absolute atomic E-state index is 12.7. The van der Waals surface area contributed by atoms with Gasteiger partial charge in [0, 0.05) is 36.7 Å². The maximum atomic E-state index is 12.7. The average Bonchev–Trinajstić information content (AvgIpc) is 2.45. The first kappa shape index (κ1) is 16.5. The zero-order valence-electron chi connectivity index (χ0n) is 13.2. The average molecular weight is 314 g/mol. The molecule has 2 rings (SSSR count). The molecule has 0 bridgehead atoms. The Labute approximate surface area is 131 Å². The number of carboxylic acids is 1. The molecule has 2 aliphatic rings. The Balaban J connectivity index is 2.07. The molecule has 0 aliphatic carbocycles. The summed E-state index contributed by atoms with van der Waals surface area (Å²) in [4.78, 5) is 28.0. The molecule has 2 heterocycles. The van der Waals surface area contributed by atoms with Crippen LogP contribution >= 0.6 is 11.8 Å². The first-order valence-corrected chi connectivity index (χ1v) is 8.75. The molecule has 6 heteroatoms. The summed E-state index contributed by atoms with van der Waals surface area (Å²) in [6.07, 6.45) is 2.03. The molecular formula is C15H26N2O3S. The zero-order chi connectivity index (χ0) is 15.6. The number of urea groups is 1. The molecule has 0 saturated carbocycles. The van der Waals surface area contributed by atoms with E-state index in [1.807, 2.05) is 23.6 Å². The van der Waals surface area contributed by atoms with Crippen LogP contribution in [0.25, 0.3) is 0 Å². The van der Waals surface area contributed by atoms with Crippen LogP contribution in [-0.4, -0.2) is 63.6 Å². The Bertz CT molecular complexity index is 408. The van der Waals surface area contributed by atoms with Crippen molar-refractivity contribution >= 4 is 23.8 Å². The number of carboxylic acid groups (broad SMARTS) is 1. The number of nitrogens with zero attached hydrogens (tertiary/aromatic N) is 2. The highest BCUT2D eigenvalue weighted by atomic mass is 32.2. The molecule has 0 aromatic carbocycles. The van der Waals surface area contributed by atoms with Crippen molar-refractivity contribution in [1.29, 1.82) is 0 Å². The van der Waals surface area contributed by atoms with Gasteiger partial charge in [-0.15, -0.1) is 0 Å². The normalized spacial score (nSPS) is 33.9. The number of hydrogen-bond acceptors (Lipinski definition) is 3. The van der Waals surface area contributed by atoms with Gasteiger partial charge >= 0.3 is 12.0 Å². The van der Waals surface area contributed by atoms with E-state index in [0.29, 0.717) is 36.4 Å². The lowest BCUT2D eigenvalue weighted by Crippen LogP contribution is -2.56. The Morgan fingerprint density at radius 3 is 2.38 bits per heavy atom. The van der Waals surface area contributed by atoms with Gasteiger partial charge in [0.05, 0.1) is 5.41 Å². The molecule has 2 amide bonds. The van der Waals surface area contributed by atoms with Gasteiger partial charge in [-0.3, -0.25) is 4.79 Å². The Kier molecular flexibility index (Phi) is 5.07. The zero-order valence-corrected chi connectivity index (χ0v) is 14.0. The number of carbonyl (C=O) groups excluding carboxylic acids is 1. The van der Waals surface area contributed by atoms with Gasteiger partial charge in [-0.2, -0.15) is 11.8 Å². The molecule has 2 aliphatic heterocycles. The highest BCUT2D eigenvalue weighted by molar-refractivity contribution is 8.00. The summed E-state index contributed by atoms with van der Waals surface area (Å²) < 4.78 is 0. The van der Waals surface area contributed by atoms with E-state index in [0.717, 1.165) is 19.5 Å². The summed E-state index contributed by atoms with van der Waals surface area (Å²) in [5.74, 6) is -0.765. The molecule has 1 N–H and O–H groups in total. The minimum absolute atomic E-state index is 0.0211. The van der Waals surface area contributed by atoms with E-state index in [1.54, 1.807) is 4.90 Å². The third kappa shape index (κ3) is 3.47. The third-order valence-electron chi connectivity index (χ3n) is 4.67. The second kappa shape index (κ2) is 6.46. The number of carbonyl (C=O) groups is 2. The van der Waals surface area contributed by atoms with Crippen LogP contribution in [0.1, 0.15) is 40.0 Å². The Morgan fingerprint density at radius 2 is 1.86 bits per heavy atom. The van der Waals surface area contributed by atoms with E-state index in [9.17, 15) is 14.7 Å². The summed E-state index contributed by atoms with van der Waals surface area (Å²) in [5, 5.41) is 10.4. The fourth-order valence-corrected chi connectivity index (χ4v) is 4.77. The summed E-state index contributed by atoms with van der Waals surface area (Å²) in [7, 11) is 0. The fourth-order valence-electron chi connectivity index (χ4n) is 3.44. The smallest absolute Gasteiger partial charge is 0.320 e. The minimum atomic E-state index is -0.765. The van der Waals surface area contributed by atoms with Crippen molar-refractivity contribution in [3.8, 4) is 0 Å². The third-order valence-corrected chi connectivity index (χ3v) is 5.90. The van der Waals surface area contributed by atoms with Crippen LogP contribution in [0.15, 0.2) is 0 Å². The second-order valence-corrected chi connectivity index (χ2v) is 8.29. The lowest BCUT2D eigenvalue weighted by Gasteiger charge is -2.43. The SMILES string of the molecule is CCC1(C(=O)O)CCCN(C(=O)N2CC(C)SC(C)C2)C1. The van der Waals surface area contributed by atoms with Crippen molar-refractivity contribution in [2.24, 2.45) is 5.41 Å². The van der Waals surface area contributed by atoms with Crippen molar-refractivity contribution in [2.45, 2.75) is 50.5 Å². The van der Waals surface area contributed by atoms with E-state index in [1.165, 1.54) is 0 Å². The molecule has 2 saturated heterocycles. The topological polar surface area (TPSA) is 60.9 Å². The molecule has 0 spiro atoms. The molecular weight excluding hydrogens is 288 g/mol. The number of amides is 2. The van der Waals surface area contributed by atoms with Crippen LogP contribution in [0.5, 0.6) is 0 Å². The first-order chi connectivity index (χ1) is 9.88. The molecule has 0 radical (unpaired) electrons. The number of thioether (sulfide) groups is 1. The van der Waals surface area contributed by atoms with Crippen molar-refractivity contribution in [1.82, 2.24) is 9.80 Å². The molecule has 3 atom stereocenters. The van der Waals surface area contributed by atoms with Crippen molar-refractivity contribution in [2.75, 3.05) is 26.2 Å². The van der Waals surface area contributed by atoms with Crippen LogP contribution in [0, 0.1) is 5.41 Å². The van der Waals surface area contributed by atoms with Gasteiger partial charge in [-0.05, 0) is 19.3 Å². The standard InChI is InChI=1S/C15H26N2O3S/c1-4-15(13(18)19)6-5-7-16(10-15)14(20)17-8-11(2)21-12(3)9-17/h11-12H,4-10H2,1-3H3,(H,18,19). The Hall–Kier alpha value is -0.910. The van der Waals surface area contributed by atoms with E-state index in [-0.39, 0.29) is 6.03 Å². The number of likely N-dealkylation sites (tertiary alicyclic amines) is 1. The van der Waals surface area contributed by atoms with Crippen LogP contribution in [-0.2, 0) is 4.79 Å². The van der Waals surface area contributed by atoms with Gasteiger partial charge in [0.1, 0.15) is 0 Å². The lowest BCUT2D eigenvalue weighted by atomic mass is 9.78. The van der Waals surface area contributed by atoms with Gasteiger partial charge in [-0.1, -0.05) is 20.8 Å². The molecule has 0 aromatic heterocycles. The molecule has 3 unspecified atom stereocenters. The monoisotopic (exact) mass is 314 g/mol. The molecule has 2 fully saturated rings. The lowest BCUT2D eigenvalue weighted by molar-refractivity contribution is -0.152. The molecule has 21 heavy (non-hydrogen) atoms. The maximum Gasteiger partial charge on any atom is 0.320 e. The number of rotatable bonds is 2. The van der Waals surface area contributed by atoms with Gasteiger partial charge in [0.25, 0.3) is 0 Å². The number of aliphatic carboxylic acids is 1. The number of piperidine rings is 1. The van der Waals surface area contributed by atoms with E-state index >= 15 is 0 Å². The largest absolute Gasteiger partial charge is 0.481 e. The summed E-state index contributed by atoms with van der Waals surface area (Å²) in [6, 6.07) is 0.0211. The van der Waals surface area contributed by atoms with Crippen LogP contribution < -0.4 is 0 Å². The van der Waals surface area contributed by atoms with Gasteiger partial charge in [0.2, 0.25) is 0 Å². The molecule has 5 nitrogen and oxygen atoms in total. The van der Waals surface area contributed by atoms with Crippen molar-refractivity contribution < 1.29 is 14.7 Å². The molecule has 120 valence electrons. The fraction of sp³-hybridized carbons (Fsp3) is 0.867. The van der Waals surface area contributed by atoms with Crippen molar-refractivity contribution in [3.63, 3.8) is 0 Å². The second-order valence-electron chi connectivity index (χ2n) is 6.41. The van der Waals surface area contributed by atoms with Crippen LogP contribution in [0.4, 0.5) is 4.79 Å². The van der Waals surface area contributed by atoms with Gasteiger partial charge in [-0.25, -0.2) is 4.79 Å². The van der Waals surface area contributed by atoms with Crippen LogP contribution in [0.3, 0.4) is 0 Å². The van der Waals surface area contributed by atoms with Gasteiger partial charge < -0.3 is 14.9 Å². The highest BCUT2D eigenvalue weighted by Crippen LogP contribution is 2.34. The predicted molar refractivity (Wildman–Crippen MR) is 84.7 cm³/mol. The molecule has 0 aromatic rings. The first-order valence-electron chi connectivity index (χ1n) is 7.80.